The minimum absolute atomic E-state index is 0.255. The third-order valence-electron chi connectivity index (χ3n) is 2.98. The molecule has 0 fully saturated rings. The van der Waals surface area contributed by atoms with Crippen molar-refractivity contribution in [1.82, 2.24) is 0 Å². The number of hydrogen-bond donors (Lipinski definition) is 1. The number of hydrogen-bond acceptors (Lipinski definition) is 3. The number of rotatable bonds is 6. The van der Waals surface area contributed by atoms with E-state index in [1.807, 2.05) is 47.9 Å². The Morgan fingerprint density at radius 1 is 1.20 bits per heavy atom. The largest absolute Gasteiger partial charge is 0.445 e. The van der Waals surface area contributed by atoms with Crippen LogP contribution in [0.3, 0.4) is 0 Å². The van der Waals surface area contributed by atoms with Crippen molar-refractivity contribution in [3.63, 3.8) is 0 Å². The topological polar surface area (TPSA) is 67.5 Å². The monoisotopic (exact) mass is 296 g/mol. The fourth-order valence-corrected chi connectivity index (χ4v) is 2.65. The normalized spacial score (nSPS) is 11.7. The summed E-state index contributed by atoms with van der Waals surface area (Å²) in [5.41, 5.74) is 0.980. The van der Waals surface area contributed by atoms with Crippen molar-refractivity contribution in [1.29, 1.82) is 0 Å². The van der Waals surface area contributed by atoms with Crippen molar-refractivity contribution in [2.45, 2.75) is 19.9 Å². The summed E-state index contributed by atoms with van der Waals surface area (Å²) in [4.78, 5) is 0. The van der Waals surface area contributed by atoms with Crippen LogP contribution in [-0.2, 0) is 16.7 Å². The average Bonchev–Trinajstić information content (AvgIpc) is 2.40. The molecule has 6 heteroatoms. The maximum atomic E-state index is 10.8. The Kier molecular flexibility index (Phi) is 4.57. The van der Waals surface area contributed by atoms with Crippen LogP contribution in [0.4, 0.5) is 0 Å². The molecule has 0 spiro atoms. The molecular weight excluding hydrogens is 278 g/mol. The van der Waals surface area contributed by atoms with Crippen molar-refractivity contribution >= 4 is 21.0 Å². The fraction of sp³-hybridized carbons (Fsp3) is 0.357. The Bertz CT molecular complexity index is 697. The highest BCUT2D eigenvalue weighted by Crippen LogP contribution is 2.15. The summed E-state index contributed by atoms with van der Waals surface area (Å²) in [5, 5.41) is 1.06. The first kappa shape index (κ1) is 14.7. The molecule has 20 heavy (non-hydrogen) atoms. The first-order chi connectivity index (χ1) is 9.51. The molecule has 0 aliphatic rings. The van der Waals surface area contributed by atoms with Gasteiger partial charge in [-0.1, -0.05) is 12.1 Å². The number of nitrogens with zero attached hydrogens (tertiary/aromatic N) is 1. The maximum Gasteiger partial charge on any atom is 0.368 e. The van der Waals surface area contributed by atoms with Gasteiger partial charge < -0.3 is 4.74 Å². The van der Waals surface area contributed by atoms with Crippen LogP contribution in [0.25, 0.3) is 10.9 Å². The van der Waals surface area contributed by atoms with Crippen LogP contribution in [0.2, 0.25) is 0 Å². The van der Waals surface area contributed by atoms with Crippen LogP contribution < -0.4 is 9.30 Å². The van der Waals surface area contributed by atoms with Crippen LogP contribution in [-0.4, -0.2) is 25.3 Å². The molecule has 0 unspecified atom stereocenters. The van der Waals surface area contributed by atoms with Gasteiger partial charge in [0.1, 0.15) is 0 Å². The molecule has 1 N–H and O–H groups in total. The second-order valence-corrected chi connectivity index (χ2v) is 6.03. The summed E-state index contributed by atoms with van der Waals surface area (Å²) in [6.07, 6.45) is 0.331. The lowest BCUT2D eigenvalue weighted by molar-refractivity contribution is -0.676. The van der Waals surface area contributed by atoms with Gasteiger partial charge in [-0.3, -0.25) is 4.55 Å². The molecule has 0 aliphatic carbocycles. The van der Waals surface area contributed by atoms with Gasteiger partial charge in [-0.25, -0.2) is 0 Å². The van der Waals surface area contributed by atoms with Gasteiger partial charge in [0.15, 0.2) is 6.54 Å². The lowest BCUT2D eigenvalue weighted by Gasteiger charge is -2.07. The van der Waals surface area contributed by atoms with Crippen LogP contribution in [0.15, 0.2) is 36.4 Å². The third-order valence-corrected chi connectivity index (χ3v) is 3.78. The zero-order chi connectivity index (χ0) is 14.6. The van der Waals surface area contributed by atoms with Crippen LogP contribution in [0.1, 0.15) is 13.3 Å². The van der Waals surface area contributed by atoms with E-state index in [0.29, 0.717) is 25.5 Å². The first-order valence-corrected chi connectivity index (χ1v) is 8.12. The second kappa shape index (κ2) is 6.19. The summed E-state index contributed by atoms with van der Waals surface area (Å²) >= 11 is 0. The molecule has 0 saturated carbocycles. The van der Waals surface area contributed by atoms with Crippen molar-refractivity contribution in [3.05, 3.63) is 36.4 Å². The predicted octanol–water partition coefficient (Wildman–Crippen LogP) is 1.80. The smallest absolute Gasteiger partial charge is 0.368 e. The Labute approximate surface area is 118 Å². The number of pyridine rings is 1. The van der Waals surface area contributed by atoms with Crippen LogP contribution in [0.5, 0.6) is 5.88 Å². The molecule has 0 saturated heterocycles. The van der Waals surface area contributed by atoms with E-state index in [-0.39, 0.29) is 5.75 Å². The van der Waals surface area contributed by atoms with Gasteiger partial charge in [-0.15, -0.1) is 0 Å². The third kappa shape index (κ3) is 3.68. The van der Waals surface area contributed by atoms with Crippen molar-refractivity contribution < 1.29 is 22.3 Å². The number of aryl methyl sites for hydroxylation is 1. The molecule has 0 radical (unpaired) electrons. The van der Waals surface area contributed by atoms with Gasteiger partial charge in [0.2, 0.25) is 5.52 Å². The number of para-hydroxylation sites is 1. The average molecular weight is 296 g/mol. The molecule has 2 rings (SSSR count). The number of fused-ring (bicyclic) bond motifs is 1. The summed E-state index contributed by atoms with van der Waals surface area (Å²) in [7, 11) is -3.93. The summed E-state index contributed by atoms with van der Waals surface area (Å²) in [5.74, 6) is 0.441. The minimum Gasteiger partial charge on any atom is -0.445 e. The molecule has 1 aromatic heterocycles. The molecule has 0 amide bonds. The van der Waals surface area contributed by atoms with E-state index in [4.69, 9.17) is 9.29 Å². The van der Waals surface area contributed by atoms with Gasteiger partial charge in [0, 0.05) is 17.9 Å². The van der Waals surface area contributed by atoms with E-state index in [9.17, 15) is 8.42 Å². The van der Waals surface area contributed by atoms with Crippen molar-refractivity contribution in [2.24, 2.45) is 0 Å². The van der Waals surface area contributed by atoms with E-state index >= 15 is 0 Å². The minimum atomic E-state index is -3.93. The number of aromatic nitrogens is 1. The van der Waals surface area contributed by atoms with Gasteiger partial charge in [0.05, 0.1) is 18.4 Å². The molecule has 0 atom stereocenters. The summed E-state index contributed by atoms with van der Waals surface area (Å²) in [6, 6.07) is 11.7. The van der Waals surface area contributed by atoms with E-state index in [2.05, 4.69) is 0 Å². The highest BCUT2D eigenvalue weighted by Gasteiger charge is 2.17. The zero-order valence-corrected chi connectivity index (χ0v) is 12.1. The van der Waals surface area contributed by atoms with Gasteiger partial charge in [-0.2, -0.15) is 13.0 Å². The number of ether oxygens (including phenoxy) is 1. The first-order valence-electron chi connectivity index (χ1n) is 6.51. The van der Waals surface area contributed by atoms with E-state index in [0.717, 1.165) is 10.9 Å². The highest BCUT2D eigenvalue weighted by atomic mass is 32.2. The maximum absolute atomic E-state index is 10.8. The fourth-order valence-electron chi connectivity index (χ4n) is 2.15. The Morgan fingerprint density at radius 3 is 2.65 bits per heavy atom. The summed E-state index contributed by atoms with van der Waals surface area (Å²) < 4.78 is 37.9. The molecular formula is C14H18NO4S+. The van der Waals surface area contributed by atoms with E-state index < -0.39 is 10.1 Å². The Hall–Kier alpha value is -1.66. The molecule has 108 valence electrons. The van der Waals surface area contributed by atoms with E-state index in [1.54, 1.807) is 0 Å². The lowest BCUT2D eigenvalue weighted by atomic mass is 10.2. The van der Waals surface area contributed by atoms with Crippen LogP contribution >= 0.6 is 0 Å². The molecule has 1 aromatic carbocycles. The van der Waals surface area contributed by atoms with Crippen molar-refractivity contribution in [2.75, 3.05) is 12.4 Å². The molecule has 0 aliphatic heterocycles. The molecule has 5 nitrogen and oxygen atoms in total. The summed E-state index contributed by atoms with van der Waals surface area (Å²) in [6.45, 7) is 2.91. The predicted molar refractivity (Wildman–Crippen MR) is 76.3 cm³/mol. The molecule has 2 aromatic rings. The standard InChI is InChI=1S/C14H17NO4S/c1-2-19-14-9-8-12-6-3-4-7-13(12)15(14)10-5-11-20(16,17)18/h3-4,6-9H,2,5,10-11H2,1H3/p+1. The Balaban J connectivity index is 2.34. The van der Waals surface area contributed by atoms with Gasteiger partial charge in [-0.05, 0) is 19.1 Å². The zero-order valence-electron chi connectivity index (χ0n) is 11.3. The number of benzene rings is 1. The SMILES string of the molecule is CCOc1ccc2ccccc2[n+]1CCCS(=O)(=O)O. The second-order valence-electron chi connectivity index (χ2n) is 4.45. The van der Waals surface area contributed by atoms with E-state index in [1.165, 1.54) is 0 Å². The van der Waals surface area contributed by atoms with Crippen LogP contribution in [0, 0.1) is 0 Å². The molecule has 1 heterocycles. The van der Waals surface area contributed by atoms with Gasteiger partial charge in [0.25, 0.3) is 10.1 Å². The lowest BCUT2D eigenvalue weighted by Crippen LogP contribution is -2.37. The quantitative estimate of drug-likeness (QED) is 0.652. The highest BCUT2D eigenvalue weighted by molar-refractivity contribution is 7.85. The Morgan fingerprint density at radius 2 is 1.95 bits per heavy atom. The van der Waals surface area contributed by atoms with Crippen molar-refractivity contribution in [3.8, 4) is 5.88 Å². The molecule has 0 bridgehead atoms. The van der Waals surface area contributed by atoms with Gasteiger partial charge >= 0.3 is 5.88 Å².